The molecule has 0 aromatic carbocycles. The average molecular weight is 178 g/mol. The minimum Gasteiger partial charge on any atom is -0.391 e. The summed E-state index contributed by atoms with van der Waals surface area (Å²) in [6, 6.07) is 0. The first-order valence-corrected chi connectivity index (χ1v) is 3.92. The van der Waals surface area contributed by atoms with Gasteiger partial charge in [-0.2, -0.15) is 0 Å². The summed E-state index contributed by atoms with van der Waals surface area (Å²) in [5.74, 6) is 1.28. The minimum absolute atomic E-state index is 0.105. The molecule has 13 heavy (non-hydrogen) atoms. The molecule has 5 nitrogen and oxygen atoms in total. The normalized spacial score (nSPS) is 10.9. The summed E-state index contributed by atoms with van der Waals surface area (Å²) in [7, 11) is 0. The number of nitrogens with two attached hydrogens (primary N) is 1. The fraction of sp³-hybridized carbons (Fsp3) is 0.250. The van der Waals surface area contributed by atoms with Crippen LogP contribution in [0.15, 0.2) is 12.4 Å². The van der Waals surface area contributed by atoms with Gasteiger partial charge in [0.15, 0.2) is 5.65 Å². The number of aliphatic hydroxyl groups is 1. The Balaban J connectivity index is 2.83. The van der Waals surface area contributed by atoms with E-state index in [1.807, 2.05) is 6.92 Å². The molecule has 68 valence electrons. The van der Waals surface area contributed by atoms with Gasteiger partial charge >= 0.3 is 0 Å². The predicted octanol–water partition coefficient (Wildman–Crippen LogP) is 0.112. The van der Waals surface area contributed by atoms with Crippen molar-refractivity contribution in [3.63, 3.8) is 0 Å². The maximum atomic E-state index is 8.95. The third-order valence-electron chi connectivity index (χ3n) is 2.01. The molecule has 0 spiro atoms. The topological polar surface area (TPSA) is 76.4 Å². The molecule has 0 atom stereocenters. The molecule has 2 heterocycles. The monoisotopic (exact) mass is 178 g/mol. The molecule has 0 unspecified atom stereocenters. The van der Waals surface area contributed by atoms with Gasteiger partial charge in [-0.3, -0.25) is 4.40 Å². The zero-order valence-electron chi connectivity index (χ0n) is 7.23. The molecule has 0 amide bonds. The Bertz CT molecular complexity index is 449. The van der Waals surface area contributed by atoms with E-state index < -0.39 is 0 Å². The van der Waals surface area contributed by atoms with E-state index in [0.717, 1.165) is 5.82 Å². The van der Waals surface area contributed by atoms with E-state index in [9.17, 15) is 0 Å². The number of rotatable bonds is 1. The molecule has 2 rings (SSSR count). The Kier molecular flexibility index (Phi) is 1.66. The summed E-state index contributed by atoms with van der Waals surface area (Å²) in [4.78, 5) is 8.16. The standard InChI is InChI=1S/C8H10N4O/c1-5-10-3-7-11-2-6(4-13)8(9)12(5)7/h2-3,13H,4,9H2,1H3. The largest absolute Gasteiger partial charge is 0.391 e. The van der Waals surface area contributed by atoms with Crippen LogP contribution in [0.1, 0.15) is 11.4 Å². The van der Waals surface area contributed by atoms with E-state index in [1.165, 1.54) is 0 Å². The van der Waals surface area contributed by atoms with Crippen LogP contribution in [0.2, 0.25) is 0 Å². The van der Waals surface area contributed by atoms with Crippen molar-refractivity contribution in [2.75, 3.05) is 5.73 Å². The highest BCUT2D eigenvalue weighted by molar-refractivity contribution is 5.50. The number of aliphatic hydroxyl groups excluding tert-OH is 1. The van der Waals surface area contributed by atoms with Crippen LogP contribution in [-0.4, -0.2) is 19.5 Å². The maximum Gasteiger partial charge on any atom is 0.158 e. The molecule has 0 aliphatic heterocycles. The van der Waals surface area contributed by atoms with E-state index in [2.05, 4.69) is 9.97 Å². The number of nitrogens with zero attached hydrogens (tertiary/aromatic N) is 3. The first kappa shape index (κ1) is 8.00. The summed E-state index contributed by atoms with van der Waals surface area (Å²) >= 11 is 0. The third kappa shape index (κ3) is 1.05. The zero-order chi connectivity index (χ0) is 9.42. The van der Waals surface area contributed by atoms with Crippen molar-refractivity contribution in [3.8, 4) is 0 Å². The number of imidazole rings is 1. The van der Waals surface area contributed by atoms with Crippen molar-refractivity contribution in [2.24, 2.45) is 0 Å². The van der Waals surface area contributed by atoms with Crippen molar-refractivity contribution < 1.29 is 5.11 Å². The Hall–Kier alpha value is -1.62. The van der Waals surface area contributed by atoms with Gasteiger partial charge in [0.1, 0.15) is 11.6 Å². The van der Waals surface area contributed by atoms with Gasteiger partial charge in [-0.1, -0.05) is 0 Å². The number of aryl methyl sites for hydroxylation is 1. The molecule has 5 heteroatoms. The SMILES string of the molecule is Cc1ncc2ncc(CO)c(N)n12. The lowest BCUT2D eigenvalue weighted by atomic mass is 10.3. The van der Waals surface area contributed by atoms with Gasteiger partial charge < -0.3 is 10.8 Å². The lowest BCUT2D eigenvalue weighted by Crippen LogP contribution is -2.04. The maximum absolute atomic E-state index is 8.95. The van der Waals surface area contributed by atoms with Crippen LogP contribution < -0.4 is 5.73 Å². The summed E-state index contributed by atoms with van der Waals surface area (Å²) in [6.45, 7) is 1.73. The van der Waals surface area contributed by atoms with Crippen molar-refractivity contribution in [1.82, 2.24) is 14.4 Å². The molecule has 0 saturated carbocycles. The van der Waals surface area contributed by atoms with E-state index in [-0.39, 0.29) is 6.61 Å². The quantitative estimate of drug-likeness (QED) is 0.650. The highest BCUT2D eigenvalue weighted by Crippen LogP contribution is 2.14. The predicted molar refractivity (Wildman–Crippen MR) is 48.1 cm³/mol. The molecule has 3 N–H and O–H groups in total. The summed E-state index contributed by atoms with van der Waals surface area (Å²) in [5, 5.41) is 8.95. The molecule has 0 radical (unpaired) electrons. The molecule has 0 fully saturated rings. The minimum atomic E-state index is -0.105. The second-order valence-electron chi connectivity index (χ2n) is 2.83. The van der Waals surface area contributed by atoms with Crippen LogP contribution in [0.25, 0.3) is 5.65 Å². The van der Waals surface area contributed by atoms with Crippen LogP contribution in [0.3, 0.4) is 0 Å². The number of hydrogen-bond donors (Lipinski definition) is 2. The zero-order valence-corrected chi connectivity index (χ0v) is 7.23. The van der Waals surface area contributed by atoms with Gasteiger partial charge in [-0.05, 0) is 6.92 Å². The second-order valence-corrected chi connectivity index (χ2v) is 2.83. The van der Waals surface area contributed by atoms with E-state index in [0.29, 0.717) is 17.0 Å². The molecular weight excluding hydrogens is 168 g/mol. The van der Waals surface area contributed by atoms with Crippen LogP contribution >= 0.6 is 0 Å². The van der Waals surface area contributed by atoms with Crippen LogP contribution in [-0.2, 0) is 6.61 Å². The Morgan fingerprint density at radius 2 is 2.23 bits per heavy atom. The molecule has 2 aromatic heterocycles. The molecule has 0 saturated heterocycles. The van der Waals surface area contributed by atoms with Gasteiger partial charge in [-0.25, -0.2) is 9.97 Å². The summed E-state index contributed by atoms with van der Waals surface area (Å²) < 4.78 is 1.71. The molecule has 2 aromatic rings. The van der Waals surface area contributed by atoms with Crippen LogP contribution in [0, 0.1) is 6.92 Å². The van der Waals surface area contributed by atoms with Crippen molar-refractivity contribution >= 4 is 11.5 Å². The average Bonchev–Trinajstić information content (AvgIpc) is 2.49. The third-order valence-corrected chi connectivity index (χ3v) is 2.01. The number of fused-ring (bicyclic) bond motifs is 1. The lowest BCUT2D eigenvalue weighted by molar-refractivity contribution is 0.281. The Morgan fingerprint density at radius 3 is 2.92 bits per heavy atom. The van der Waals surface area contributed by atoms with E-state index in [1.54, 1.807) is 16.8 Å². The molecule has 0 bridgehead atoms. The Labute approximate surface area is 74.9 Å². The summed E-state index contributed by atoms with van der Waals surface area (Å²) in [6.07, 6.45) is 3.21. The number of anilines is 1. The van der Waals surface area contributed by atoms with Gasteiger partial charge in [0.2, 0.25) is 0 Å². The molecular formula is C8H10N4O. The number of hydrogen-bond acceptors (Lipinski definition) is 4. The number of nitrogen functional groups attached to an aromatic ring is 1. The van der Waals surface area contributed by atoms with Gasteiger partial charge in [0, 0.05) is 11.8 Å². The highest BCUT2D eigenvalue weighted by atomic mass is 16.3. The second kappa shape index (κ2) is 2.70. The van der Waals surface area contributed by atoms with Crippen molar-refractivity contribution in [3.05, 3.63) is 23.8 Å². The highest BCUT2D eigenvalue weighted by Gasteiger charge is 2.06. The van der Waals surface area contributed by atoms with Crippen LogP contribution in [0.4, 0.5) is 5.82 Å². The van der Waals surface area contributed by atoms with Gasteiger partial charge in [0.25, 0.3) is 0 Å². The van der Waals surface area contributed by atoms with Crippen molar-refractivity contribution in [2.45, 2.75) is 13.5 Å². The lowest BCUT2D eigenvalue weighted by Gasteiger charge is -2.05. The smallest absolute Gasteiger partial charge is 0.158 e. The number of aromatic nitrogens is 3. The first-order chi connectivity index (χ1) is 6.24. The van der Waals surface area contributed by atoms with E-state index in [4.69, 9.17) is 10.8 Å². The van der Waals surface area contributed by atoms with Crippen molar-refractivity contribution in [1.29, 1.82) is 0 Å². The van der Waals surface area contributed by atoms with Crippen LogP contribution in [0.5, 0.6) is 0 Å². The Morgan fingerprint density at radius 1 is 1.46 bits per heavy atom. The van der Waals surface area contributed by atoms with Gasteiger partial charge in [-0.15, -0.1) is 0 Å². The van der Waals surface area contributed by atoms with E-state index >= 15 is 0 Å². The first-order valence-electron chi connectivity index (χ1n) is 3.92. The van der Waals surface area contributed by atoms with Gasteiger partial charge in [0.05, 0.1) is 12.8 Å². The summed E-state index contributed by atoms with van der Waals surface area (Å²) in [5.41, 5.74) is 7.12. The fourth-order valence-corrected chi connectivity index (χ4v) is 1.30. The molecule has 0 aliphatic carbocycles. The molecule has 0 aliphatic rings. The fourth-order valence-electron chi connectivity index (χ4n) is 1.30.